The largest absolute Gasteiger partial charge is 0.360 e. The highest BCUT2D eigenvalue weighted by atomic mass is 35.5. The summed E-state index contributed by atoms with van der Waals surface area (Å²) < 4.78 is 0. The molecule has 4 N–H and O–H groups in total. The molecule has 10 heteroatoms. The van der Waals surface area contributed by atoms with Crippen LogP contribution in [0.4, 0.5) is 23.0 Å². The fourth-order valence-electron chi connectivity index (χ4n) is 4.25. The number of H-pyrrole nitrogens is 1. The van der Waals surface area contributed by atoms with Gasteiger partial charge in [-0.1, -0.05) is 48.9 Å². The smallest absolute Gasteiger partial charge is 0.255 e. The van der Waals surface area contributed by atoms with Crippen molar-refractivity contribution in [1.29, 1.82) is 0 Å². The minimum absolute atomic E-state index is 0.223. The first-order valence-electron chi connectivity index (χ1n) is 13.4. The second-order valence-electron chi connectivity index (χ2n) is 9.62. The number of aromatic nitrogens is 3. The van der Waals surface area contributed by atoms with Gasteiger partial charge in [-0.25, -0.2) is 9.97 Å². The molecule has 0 fully saturated rings. The molecule has 3 aromatic carbocycles. The van der Waals surface area contributed by atoms with Gasteiger partial charge in [0.1, 0.15) is 0 Å². The predicted octanol–water partition coefficient (Wildman–Crippen LogP) is 6.72. The zero-order valence-corrected chi connectivity index (χ0v) is 23.9. The second kappa shape index (κ2) is 13.1. The minimum atomic E-state index is -0.281. The Morgan fingerprint density at radius 1 is 0.976 bits per heavy atom. The maximum absolute atomic E-state index is 12.9. The highest BCUT2D eigenvalue weighted by molar-refractivity contribution is 6.33. The van der Waals surface area contributed by atoms with Crippen molar-refractivity contribution in [3.8, 4) is 11.3 Å². The van der Waals surface area contributed by atoms with E-state index in [1.807, 2.05) is 55.7 Å². The molecule has 0 aliphatic heterocycles. The minimum Gasteiger partial charge on any atom is -0.360 e. The van der Waals surface area contributed by atoms with E-state index >= 15 is 0 Å². The number of halogens is 1. The van der Waals surface area contributed by atoms with Crippen molar-refractivity contribution in [2.45, 2.75) is 6.92 Å². The number of para-hydroxylation sites is 1. The van der Waals surface area contributed by atoms with Gasteiger partial charge in [0, 0.05) is 57.9 Å². The molecule has 2 heterocycles. The molecule has 2 amide bonds. The quantitative estimate of drug-likeness (QED) is 0.137. The Bertz CT molecular complexity index is 1750. The van der Waals surface area contributed by atoms with Crippen molar-refractivity contribution in [3.63, 3.8) is 0 Å². The number of aromatic amines is 1. The summed E-state index contributed by atoms with van der Waals surface area (Å²) in [6.45, 7) is 3.65. The fraction of sp³-hybridized carbons (Fsp3) is 0.125. The molecule has 0 spiro atoms. The molecule has 212 valence electrons. The molecule has 0 aliphatic carbocycles. The van der Waals surface area contributed by atoms with E-state index in [9.17, 15) is 9.59 Å². The van der Waals surface area contributed by atoms with Crippen LogP contribution in [0, 0.1) is 0 Å². The number of carbonyl (C=O) groups excluding carboxylic acids is 2. The lowest BCUT2D eigenvalue weighted by molar-refractivity contribution is -0.111. The lowest BCUT2D eigenvalue weighted by atomic mass is 10.1. The van der Waals surface area contributed by atoms with Gasteiger partial charge in [-0.2, -0.15) is 0 Å². The molecule has 5 aromatic rings. The summed E-state index contributed by atoms with van der Waals surface area (Å²) in [5, 5.41) is 10.3. The van der Waals surface area contributed by atoms with Crippen LogP contribution in [-0.4, -0.2) is 51.8 Å². The molecular formula is C32H30ClN7O2. The number of amides is 2. The molecule has 0 unspecified atom stereocenters. The van der Waals surface area contributed by atoms with E-state index in [1.165, 1.54) is 6.08 Å². The van der Waals surface area contributed by atoms with E-state index in [1.54, 1.807) is 42.6 Å². The van der Waals surface area contributed by atoms with Crippen molar-refractivity contribution < 1.29 is 9.59 Å². The maximum atomic E-state index is 12.9. The summed E-state index contributed by atoms with van der Waals surface area (Å²) in [4.78, 5) is 39.3. The van der Waals surface area contributed by atoms with Crippen LogP contribution in [-0.2, 0) is 4.79 Å². The summed E-state index contributed by atoms with van der Waals surface area (Å²) in [6, 6.07) is 21.9. The number of carbonyl (C=O) groups is 2. The van der Waals surface area contributed by atoms with E-state index in [4.69, 9.17) is 11.6 Å². The molecule has 9 nitrogen and oxygen atoms in total. The number of nitrogens with zero attached hydrogens (tertiary/aromatic N) is 3. The first-order valence-corrected chi connectivity index (χ1v) is 13.8. The molecule has 5 rings (SSSR count). The first-order chi connectivity index (χ1) is 20.4. The van der Waals surface area contributed by atoms with E-state index < -0.39 is 0 Å². The molecule has 0 atom stereocenters. The average Bonchev–Trinajstić information content (AvgIpc) is 3.42. The number of rotatable bonds is 10. The van der Waals surface area contributed by atoms with Crippen molar-refractivity contribution in [2.75, 3.05) is 36.1 Å². The zero-order valence-electron chi connectivity index (χ0n) is 23.2. The van der Waals surface area contributed by atoms with Crippen molar-refractivity contribution in [2.24, 2.45) is 0 Å². The third-order valence-corrected chi connectivity index (χ3v) is 6.88. The lowest BCUT2D eigenvalue weighted by Gasteiger charge is -2.11. The number of nitrogens with one attached hydrogen (secondary N) is 4. The topological polar surface area (TPSA) is 115 Å². The first kappa shape index (κ1) is 28.5. The number of hydrogen-bond acceptors (Lipinski definition) is 6. The standard InChI is InChI=1S/C32H30ClN7O2/c1-3-40(2)17-7-12-29(41)36-22-15-13-21(14-16-22)31(42)37-23-8-6-9-24(18-23)38-32-35-20-27(33)30(39-32)26-19-34-28-11-5-4-10-25(26)28/h4-16,18-20,34H,3,17H2,1-2H3,(H,36,41)(H,37,42)(H,35,38,39)/b12-7+. The van der Waals surface area contributed by atoms with Crippen LogP contribution in [0.2, 0.25) is 5.02 Å². The second-order valence-corrected chi connectivity index (χ2v) is 10.0. The van der Waals surface area contributed by atoms with Crippen LogP contribution in [0.25, 0.3) is 22.2 Å². The molecular weight excluding hydrogens is 550 g/mol. The van der Waals surface area contributed by atoms with Crippen LogP contribution in [0.15, 0.2) is 97.3 Å². The van der Waals surface area contributed by atoms with Crippen LogP contribution in [0.1, 0.15) is 17.3 Å². The number of hydrogen-bond donors (Lipinski definition) is 4. The van der Waals surface area contributed by atoms with E-state index in [0.717, 1.165) is 23.0 Å². The summed E-state index contributed by atoms with van der Waals surface area (Å²) in [5.41, 5.74) is 4.82. The summed E-state index contributed by atoms with van der Waals surface area (Å²) in [6.07, 6.45) is 6.76. The van der Waals surface area contributed by atoms with Crippen LogP contribution in [0.5, 0.6) is 0 Å². The maximum Gasteiger partial charge on any atom is 0.255 e. The Morgan fingerprint density at radius 3 is 2.57 bits per heavy atom. The van der Waals surface area contributed by atoms with Crippen molar-refractivity contribution in [1.82, 2.24) is 19.9 Å². The van der Waals surface area contributed by atoms with Gasteiger partial charge in [-0.15, -0.1) is 0 Å². The third-order valence-electron chi connectivity index (χ3n) is 6.61. The number of anilines is 4. The number of likely N-dealkylation sites (N-methyl/N-ethyl adjacent to an activating group) is 1. The number of fused-ring (bicyclic) bond motifs is 1. The molecule has 42 heavy (non-hydrogen) atoms. The fourth-order valence-corrected chi connectivity index (χ4v) is 4.44. The molecule has 0 radical (unpaired) electrons. The summed E-state index contributed by atoms with van der Waals surface area (Å²) >= 11 is 6.46. The Morgan fingerprint density at radius 2 is 1.76 bits per heavy atom. The van der Waals surface area contributed by atoms with Gasteiger partial charge in [0.15, 0.2) is 0 Å². The van der Waals surface area contributed by atoms with Gasteiger partial charge < -0.3 is 25.8 Å². The molecule has 0 saturated carbocycles. The van der Waals surface area contributed by atoms with Gasteiger partial charge in [-0.05, 0) is 62.1 Å². The Labute approximate surface area is 248 Å². The Kier molecular flexibility index (Phi) is 8.91. The summed E-state index contributed by atoms with van der Waals surface area (Å²) in [7, 11) is 1.98. The Hall–Kier alpha value is -4.99. The van der Waals surface area contributed by atoms with Gasteiger partial charge in [-0.3, -0.25) is 9.59 Å². The van der Waals surface area contributed by atoms with Crippen LogP contribution in [0.3, 0.4) is 0 Å². The molecule has 0 bridgehead atoms. The predicted molar refractivity (Wildman–Crippen MR) is 169 cm³/mol. The van der Waals surface area contributed by atoms with Crippen molar-refractivity contribution >= 4 is 57.3 Å². The summed E-state index contributed by atoms with van der Waals surface area (Å²) in [5.74, 6) is -0.135. The average molecular weight is 580 g/mol. The third kappa shape index (κ3) is 7.01. The van der Waals surface area contributed by atoms with E-state index in [2.05, 4.69) is 42.7 Å². The van der Waals surface area contributed by atoms with Crippen LogP contribution >= 0.6 is 11.6 Å². The number of benzene rings is 3. The van der Waals surface area contributed by atoms with E-state index in [-0.39, 0.29) is 11.8 Å². The molecule has 0 aliphatic rings. The normalized spacial score (nSPS) is 11.2. The molecule has 0 saturated heterocycles. The van der Waals surface area contributed by atoms with Gasteiger partial charge in [0.25, 0.3) is 5.91 Å². The van der Waals surface area contributed by atoms with Crippen molar-refractivity contribution in [3.05, 3.63) is 108 Å². The molecule has 2 aromatic heterocycles. The van der Waals surface area contributed by atoms with Gasteiger partial charge >= 0.3 is 0 Å². The SMILES string of the molecule is CCN(C)C/C=C/C(=O)Nc1ccc(C(=O)Nc2cccc(Nc3ncc(Cl)c(-c4c[nH]c5ccccc45)n3)c2)cc1. The highest BCUT2D eigenvalue weighted by Gasteiger charge is 2.13. The zero-order chi connectivity index (χ0) is 29.5. The van der Waals surface area contributed by atoms with Gasteiger partial charge in [0.2, 0.25) is 11.9 Å². The van der Waals surface area contributed by atoms with Gasteiger partial charge in [0.05, 0.1) is 16.9 Å². The van der Waals surface area contributed by atoms with E-state index in [0.29, 0.717) is 45.8 Å². The lowest BCUT2D eigenvalue weighted by Crippen LogP contribution is -2.17. The highest BCUT2D eigenvalue weighted by Crippen LogP contribution is 2.32. The monoisotopic (exact) mass is 579 g/mol. The van der Waals surface area contributed by atoms with Crippen LogP contribution < -0.4 is 16.0 Å². The Balaban J connectivity index is 1.22.